The Morgan fingerprint density at radius 1 is 1.03 bits per heavy atom. The van der Waals surface area contributed by atoms with Gasteiger partial charge in [0.1, 0.15) is 0 Å². The van der Waals surface area contributed by atoms with Crippen molar-refractivity contribution in [1.29, 1.82) is 0 Å². The van der Waals surface area contributed by atoms with E-state index in [-0.39, 0.29) is 6.42 Å². The molecular weight excluding hydrogens is 400 g/mol. The highest BCUT2D eigenvalue weighted by molar-refractivity contribution is 7.13. The minimum atomic E-state index is -0.766. The molecule has 0 saturated heterocycles. The first kappa shape index (κ1) is 20.1. The van der Waals surface area contributed by atoms with E-state index in [9.17, 15) is 4.79 Å². The van der Waals surface area contributed by atoms with Crippen molar-refractivity contribution < 1.29 is 9.90 Å². The van der Waals surface area contributed by atoms with E-state index in [4.69, 9.17) is 10.1 Å². The zero-order valence-corrected chi connectivity index (χ0v) is 18.0. The molecule has 1 aliphatic rings. The minimum Gasteiger partial charge on any atom is -0.481 e. The largest absolute Gasteiger partial charge is 0.481 e. The normalized spacial score (nSPS) is 19.2. The molecule has 4 rings (SSSR count). The Balaban J connectivity index is 1.41. The molecule has 1 aliphatic carbocycles. The molecule has 0 radical (unpaired) electrons. The van der Waals surface area contributed by atoms with Gasteiger partial charge in [-0.15, -0.1) is 22.7 Å². The smallest absolute Gasteiger partial charge is 0.305 e. The Hall–Kier alpha value is -2.18. The minimum absolute atomic E-state index is 0.127. The molecule has 1 saturated carbocycles. The second-order valence-electron chi connectivity index (χ2n) is 7.66. The number of aliphatic carboxylic acids is 1. The first-order valence-corrected chi connectivity index (χ1v) is 11.9. The van der Waals surface area contributed by atoms with E-state index in [0.29, 0.717) is 18.4 Å². The molecule has 0 unspecified atom stereocenters. The molecule has 0 atom stereocenters. The van der Waals surface area contributed by atoms with Gasteiger partial charge in [0, 0.05) is 22.7 Å². The van der Waals surface area contributed by atoms with Crippen LogP contribution >= 0.6 is 22.7 Å². The predicted molar refractivity (Wildman–Crippen MR) is 120 cm³/mol. The lowest BCUT2D eigenvalue weighted by atomic mass is 9.78. The van der Waals surface area contributed by atoms with Crippen molar-refractivity contribution in [2.75, 3.05) is 11.4 Å². The van der Waals surface area contributed by atoms with E-state index in [1.807, 2.05) is 6.07 Å². The fourth-order valence-corrected chi connectivity index (χ4v) is 5.77. The van der Waals surface area contributed by atoms with Crippen molar-refractivity contribution in [2.45, 2.75) is 50.5 Å². The van der Waals surface area contributed by atoms with E-state index in [0.717, 1.165) is 11.7 Å². The maximum Gasteiger partial charge on any atom is 0.305 e. The second-order valence-corrected chi connectivity index (χ2v) is 9.53. The fourth-order valence-electron chi connectivity index (χ4n) is 4.12. The van der Waals surface area contributed by atoms with Crippen molar-refractivity contribution in [1.82, 2.24) is 4.98 Å². The van der Waals surface area contributed by atoms with Crippen LogP contribution in [0.3, 0.4) is 0 Å². The monoisotopic (exact) mass is 426 g/mol. The Morgan fingerprint density at radius 2 is 1.79 bits per heavy atom. The van der Waals surface area contributed by atoms with Crippen molar-refractivity contribution in [3.8, 4) is 0 Å². The van der Waals surface area contributed by atoms with Gasteiger partial charge in [0.15, 0.2) is 5.13 Å². The topological polar surface area (TPSA) is 53.4 Å². The average Bonchev–Trinajstić information content (AvgIpc) is 3.44. The van der Waals surface area contributed by atoms with Crippen LogP contribution in [0.15, 0.2) is 53.2 Å². The Bertz CT molecular complexity index is 900. The van der Waals surface area contributed by atoms with Crippen LogP contribution in [0.25, 0.3) is 0 Å². The molecule has 2 heterocycles. The second kappa shape index (κ2) is 9.55. The summed E-state index contributed by atoms with van der Waals surface area (Å²) >= 11 is 3.35. The van der Waals surface area contributed by atoms with Gasteiger partial charge >= 0.3 is 5.97 Å². The van der Waals surface area contributed by atoms with Crippen molar-refractivity contribution in [2.24, 2.45) is 0 Å². The van der Waals surface area contributed by atoms with Crippen LogP contribution in [0.1, 0.15) is 60.1 Å². The first-order valence-electron chi connectivity index (χ1n) is 10.2. The van der Waals surface area contributed by atoms with Gasteiger partial charge in [0.05, 0.1) is 18.7 Å². The highest BCUT2D eigenvalue weighted by atomic mass is 32.1. The Morgan fingerprint density at radius 3 is 2.48 bits per heavy atom. The third-order valence-corrected chi connectivity index (χ3v) is 7.50. The Kier molecular flexibility index (Phi) is 6.62. The number of thiazole rings is 1. The SMILES string of the molecule is O=C(O)CCN(Cc1cccs1)c1nc(C2CCC(c3ccccc3)CC2)cs1. The van der Waals surface area contributed by atoms with E-state index in [2.05, 4.69) is 52.1 Å². The number of carboxylic acid groups (broad SMARTS) is 1. The van der Waals surface area contributed by atoms with Gasteiger partial charge in [0.2, 0.25) is 0 Å². The van der Waals surface area contributed by atoms with E-state index in [1.54, 1.807) is 22.7 Å². The molecular formula is C23H26N2O2S2. The van der Waals surface area contributed by atoms with Crippen molar-refractivity contribution >= 4 is 33.8 Å². The summed E-state index contributed by atoms with van der Waals surface area (Å²) in [4.78, 5) is 19.4. The molecule has 29 heavy (non-hydrogen) atoms. The number of carboxylic acids is 1. The molecule has 4 nitrogen and oxygen atoms in total. The maximum absolute atomic E-state index is 11.1. The predicted octanol–water partition coefficient (Wildman–Crippen LogP) is 6.13. The summed E-state index contributed by atoms with van der Waals surface area (Å²) in [6.45, 7) is 1.21. The summed E-state index contributed by atoms with van der Waals surface area (Å²) in [6.07, 6.45) is 4.88. The quantitative estimate of drug-likeness (QED) is 0.471. The van der Waals surface area contributed by atoms with E-state index in [1.165, 1.54) is 41.8 Å². The molecule has 152 valence electrons. The molecule has 6 heteroatoms. The van der Waals surface area contributed by atoms with Crippen LogP contribution in [0, 0.1) is 0 Å². The fraction of sp³-hybridized carbons (Fsp3) is 0.391. The summed E-state index contributed by atoms with van der Waals surface area (Å²) in [5.41, 5.74) is 2.64. The van der Waals surface area contributed by atoms with Crippen LogP contribution in [0.4, 0.5) is 5.13 Å². The lowest BCUT2D eigenvalue weighted by Crippen LogP contribution is -2.25. The summed E-state index contributed by atoms with van der Waals surface area (Å²) in [5.74, 6) is 0.414. The standard InChI is InChI=1S/C23H26N2O2S2/c26-22(27)12-13-25(15-20-7-4-14-28-20)23-24-21(16-29-23)19-10-8-18(9-11-19)17-5-2-1-3-6-17/h1-7,14,16,18-19H,8-13,15H2,(H,26,27). The molecule has 1 aromatic carbocycles. The molecule has 1 N–H and O–H groups in total. The maximum atomic E-state index is 11.1. The van der Waals surface area contributed by atoms with Gasteiger partial charge in [-0.2, -0.15) is 0 Å². The van der Waals surface area contributed by atoms with Gasteiger partial charge in [-0.1, -0.05) is 36.4 Å². The number of carbonyl (C=O) groups is 1. The zero-order chi connectivity index (χ0) is 20.1. The van der Waals surface area contributed by atoms with Crippen LogP contribution < -0.4 is 4.90 Å². The van der Waals surface area contributed by atoms with Crippen LogP contribution in [0.2, 0.25) is 0 Å². The van der Waals surface area contributed by atoms with Crippen LogP contribution in [-0.4, -0.2) is 22.6 Å². The highest BCUT2D eigenvalue weighted by Crippen LogP contribution is 2.41. The number of thiophene rings is 1. The number of hydrogen-bond acceptors (Lipinski definition) is 5. The molecule has 2 aromatic heterocycles. The number of hydrogen-bond donors (Lipinski definition) is 1. The number of nitrogens with zero attached hydrogens (tertiary/aromatic N) is 2. The zero-order valence-electron chi connectivity index (χ0n) is 16.4. The third-order valence-electron chi connectivity index (χ3n) is 5.72. The first-order chi connectivity index (χ1) is 14.2. The van der Waals surface area contributed by atoms with Crippen LogP contribution in [-0.2, 0) is 11.3 Å². The summed E-state index contributed by atoms with van der Waals surface area (Å²) in [7, 11) is 0. The molecule has 0 amide bonds. The molecule has 0 aliphatic heterocycles. The summed E-state index contributed by atoms with van der Waals surface area (Å²) in [5, 5.41) is 14.3. The lowest BCUT2D eigenvalue weighted by Gasteiger charge is -2.28. The molecule has 0 bridgehead atoms. The Labute approximate surface area is 179 Å². The number of anilines is 1. The van der Waals surface area contributed by atoms with Gasteiger partial charge < -0.3 is 10.0 Å². The third kappa shape index (κ3) is 5.25. The molecule has 3 aromatic rings. The van der Waals surface area contributed by atoms with Gasteiger partial charge in [0.25, 0.3) is 0 Å². The van der Waals surface area contributed by atoms with Crippen molar-refractivity contribution in [3.05, 3.63) is 69.4 Å². The number of rotatable bonds is 8. The number of aromatic nitrogens is 1. The summed E-state index contributed by atoms with van der Waals surface area (Å²) < 4.78 is 0. The van der Waals surface area contributed by atoms with E-state index >= 15 is 0 Å². The van der Waals surface area contributed by atoms with Gasteiger partial charge in [-0.3, -0.25) is 4.79 Å². The lowest BCUT2D eigenvalue weighted by molar-refractivity contribution is -0.136. The summed E-state index contributed by atoms with van der Waals surface area (Å²) in [6, 6.07) is 15.0. The molecule has 1 fully saturated rings. The average molecular weight is 427 g/mol. The molecule has 0 spiro atoms. The highest BCUT2D eigenvalue weighted by Gasteiger charge is 2.25. The van der Waals surface area contributed by atoms with Gasteiger partial charge in [-0.05, 0) is 48.6 Å². The number of benzene rings is 1. The van der Waals surface area contributed by atoms with E-state index < -0.39 is 5.97 Å². The van der Waals surface area contributed by atoms with Crippen LogP contribution in [0.5, 0.6) is 0 Å². The van der Waals surface area contributed by atoms with Gasteiger partial charge in [-0.25, -0.2) is 4.98 Å². The van der Waals surface area contributed by atoms with Crippen molar-refractivity contribution in [3.63, 3.8) is 0 Å².